The molecular weight excluding hydrogens is 406 g/mol. The van der Waals surface area contributed by atoms with Crippen molar-refractivity contribution in [3.05, 3.63) is 48.4 Å². The fourth-order valence-corrected chi connectivity index (χ4v) is 4.32. The van der Waals surface area contributed by atoms with Crippen LogP contribution < -0.4 is 9.64 Å². The number of carbonyl (C=O) groups excluding carboxylic acids is 1. The van der Waals surface area contributed by atoms with Gasteiger partial charge < -0.3 is 19.0 Å². The molecule has 2 aromatic carbocycles. The summed E-state index contributed by atoms with van der Waals surface area (Å²) in [5, 5.41) is 0. The number of aromatic nitrogens is 1. The largest absolute Gasteiger partial charge is 0.477 e. The fourth-order valence-electron chi connectivity index (χ4n) is 3.42. The summed E-state index contributed by atoms with van der Waals surface area (Å²) in [7, 11) is 0.0642. The molecule has 0 unspecified atom stereocenters. The van der Waals surface area contributed by atoms with Crippen molar-refractivity contribution in [3.8, 4) is 5.75 Å². The number of hydrogen-bond donors (Lipinski definition) is 0. The highest BCUT2D eigenvalue weighted by molar-refractivity contribution is 7.91. The Labute approximate surface area is 175 Å². The fraction of sp³-hybridized carbons (Fsp3) is 0.333. The first kappa shape index (κ1) is 20.2. The lowest BCUT2D eigenvalue weighted by Crippen LogP contribution is -2.48. The predicted octanol–water partition coefficient (Wildman–Crippen LogP) is 2.48. The zero-order valence-electron chi connectivity index (χ0n) is 17.0. The summed E-state index contributed by atoms with van der Waals surface area (Å²) in [6.07, 6.45) is -0.638. The first-order chi connectivity index (χ1) is 14.3. The van der Waals surface area contributed by atoms with E-state index in [1.807, 2.05) is 29.2 Å². The number of benzene rings is 2. The van der Waals surface area contributed by atoms with Gasteiger partial charge in [-0.15, -0.1) is 0 Å². The molecule has 1 atom stereocenters. The molecule has 2 heterocycles. The van der Waals surface area contributed by atoms with Gasteiger partial charge in [0.2, 0.25) is 5.89 Å². The molecule has 0 spiro atoms. The van der Waals surface area contributed by atoms with Crippen molar-refractivity contribution in [1.29, 1.82) is 0 Å². The Hall–Kier alpha value is -3.07. The third-order valence-electron chi connectivity index (χ3n) is 5.05. The van der Waals surface area contributed by atoms with Gasteiger partial charge in [0.25, 0.3) is 5.91 Å². The second-order valence-corrected chi connectivity index (χ2v) is 9.61. The zero-order chi connectivity index (χ0) is 21.5. The second-order valence-electron chi connectivity index (χ2n) is 7.33. The maximum Gasteiger partial charge on any atom is 0.265 e. The number of sulfone groups is 1. The Morgan fingerprint density at radius 2 is 2.00 bits per heavy atom. The molecule has 0 saturated carbocycles. The van der Waals surface area contributed by atoms with Crippen molar-refractivity contribution >= 4 is 32.5 Å². The number of rotatable bonds is 5. The first-order valence-corrected chi connectivity index (χ1v) is 11.3. The van der Waals surface area contributed by atoms with Crippen LogP contribution in [0.5, 0.6) is 5.75 Å². The topological polar surface area (TPSA) is 93.0 Å². The van der Waals surface area contributed by atoms with E-state index in [2.05, 4.69) is 4.98 Å². The molecule has 0 radical (unpaired) electrons. The molecule has 1 amide bonds. The number of ether oxygens (including phenoxy) is 1. The standard InChI is InChI=1S/C21H23N3O5S/c1-4-30(26,27)14-9-10-17-15(11-14)22-20(29-17)13-24-12-19(21(25)23(2)3)28-18-8-6-5-7-16(18)24/h5-11,19H,4,12-13H2,1-3H3/t19-/m0/s1. The van der Waals surface area contributed by atoms with E-state index in [0.717, 1.165) is 5.69 Å². The maximum absolute atomic E-state index is 12.5. The number of likely N-dealkylation sites (N-methyl/N-ethyl adjacent to an activating group) is 1. The van der Waals surface area contributed by atoms with Gasteiger partial charge >= 0.3 is 0 Å². The van der Waals surface area contributed by atoms with Crippen LogP contribution in [0.25, 0.3) is 11.1 Å². The van der Waals surface area contributed by atoms with E-state index in [4.69, 9.17) is 9.15 Å². The molecule has 0 aliphatic carbocycles. The van der Waals surface area contributed by atoms with Crippen LogP contribution in [-0.4, -0.2) is 56.7 Å². The number of amides is 1. The minimum absolute atomic E-state index is 0.0229. The Morgan fingerprint density at radius 3 is 2.73 bits per heavy atom. The number of fused-ring (bicyclic) bond motifs is 2. The summed E-state index contributed by atoms with van der Waals surface area (Å²) < 4.78 is 36.0. The van der Waals surface area contributed by atoms with Crippen molar-refractivity contribution in [3.63, 3.8) is 0 Å². The van der Waals surface area contributed by atoms with Gasteiger partial charge in [0.05, 0.1) is 29.4 Å². The minimum Gasteiger partial charge on any atom is -0.477 e. The summed E-state index contributed by atoms with van der Waals surface area (Å²) >= 11 is 0. The molecule has 158 valence electrons. The molecule has 9 heteroatoms. The van der Waals surface area contributed by atoms with Crippen LogP contribution in [-0.2, 0) is 21.2 Å². The summed E-state index contributed by atoms with van der Waals surface area (Å²) in [6, 6.07) is 12.2. The number of para-hydroxylation sites is 2. The lowest BCUT2D eigenvalue weighted by Gasteiger charge is -2.35. The molecule has 4 rings (SSSR count). The zero-order valence-corrected chi connectivity index (χ0v) is 17.8. The molecule has 0 fully saturated rings. The van der Waals surface area contributed by atoms with Gasteiger partial charge in [0.15, 0.2) is 21.5 Å². The van der Waals surface area contributed by atoms with Crippen LogP contribution in [0.2, 0.25) is 0 Å². The van der Waals surface area contributed by atoms with Gasteiger partial charge in [-0.2, -0.15) is 0 Å². The van der Waals surface area contributed by atoms with Crippen LogP contribution in [0.4, 0.5) is 5.69 Å². The van der Waals surface area contributed by atoms with Gasteiger partial charge in [-0.3, -0.25) is 4.79 Å². The van der Waals surface area contributed by atoms with E-state index in [1.54, 1.807) is 27.1 Å². The van der Waals surface area contributed by atoms with Crippen LogP contribution in [0.3, 0.4) is 0 Å². The molecule has 3 aromatic rings. The molecule has 1 aromatic heterocycles. The van der Waals surface area contributed by atoms with Gasteiger partial charge in [0.1, 0.15) is 11.3 Å². The number of carbonyl (C=O) groups is 1. The average molecular weight is 429 g/mol. The highest BCUT2D eigenvalue weighted by Gasteiger charge is 2.32. The van der Waals surface area contributed by atoms with Gasteiger partial charge in [-0.1, -0.05) is 19.1 Å². The SMILES string of the molecule is CCS(=O)(=O)c1ccc2oc(CN3C[C@@H](C(=O)N(C)C)Oc4ccccc43)nc2c1. The average Bonchev–Trinajstić information content (AvgIpc) is 3.14. The first-order valence-electron chi connectivity index (χ1n) is 9.62. The summed E-state index contributed by atoms with van der Waals surface area (Å²) in [6.45, 7) is 2.28. The highest BCUT2D eigenvalue weighted by Crippen LogP contribution is 2.34. The van der Waals surface area contributed by atoms with E-state index < -0.39 is 15.9 Å². The molecule has 1 aliphatic rings. The monoisotopic (exact) mass is 429 g/mol. The normalized spacial score (nSPS) is 16.2. The van der Waals surface area contributed by atoms with Crippen molar-refractivity contribution in [2.24, 2.45) is 0 Å². The lowest BCUT2D eigenvalue weighted by atomic mass is 10.1. The Balaban J connectivity index is 1.65. The van der Waals surface area contributed by atoms with Gasteiger partial charge in [-0.05, 0) is 30.3 Å². The number of oxazole rings is 1. The van der Waals surface area contributed by atoms with Gasteiger partial charge in [-0.25, -0.2) is 13.4 Å². The highest BCUT2D eigenvalue weighted by atomic mass is 32.2. The number of nitrogens with zero attached hydrogens (tertiary/aromatic N) is 3. The Morgan fingerprint density at radius 1 is 1.23 bits per heavy atom. The Bertz CT molecular complexity index is 1200. The smallest absolute Gasteiger partial charge is 0.265 e. The number of anilines is 1. The predicted molar refractivity (Wildman–Crippen MR) is 112 cm³/mol. The molecule has 0 saturated heterocycles. The summed E-state index contributed by atoms with van der Waals surface area (Å²) in [5.41, 5.74) is 1.85. The van der Waals surface area contributed by atoms with Crippen molar-refractivity contribution < 1.29 is 22.4 Å². The van der Waals surface area contributed by atoms with Crippen LogP contribution >= 0.6 is 0 Å². The molecule has 0 bridgehead atoms. The van der Waals surface area contributed by atoms with E-state index in [-0.39, 0.29) is 16.6 Å². The summed E-state index contributed by atoms with van der Waals surface area (Å²) in [4.78, 5) is 20.7. The van der Waals surface area contributed by atoms with Crippen LogP contribution in [0.15, 0.2) is 51.8 Å². The lowest BCUT2D eigenvalue weighted by molar-refractivity contribution is -0.136. The molecule has 1 aliphatic heterocycles. The third-order valence-corrected chi connectivity index (χ3v) is 6.78. The Kier molecular flexibility index (Phi) is 5.15. The molecular formula is C21H23N3O5S. The summed E-state index contributed by atoms with van der Waals surface area (Å²) in [5.74, 6) is 0.955. The maximum atomic E-state index is 12.5. The van der Waals surface area contributed by atoms with Crippen molar-refractivity contribution in [1.82, 2.24) is 9.88 Å². The van der Waals surface area contributed by atoms with Crippen molar-refractivity contribution in [2.45, 2.75) is 24.5 Å². The van der Waals surface area contributed by atoms with Gasteiger partial charge in [0, 0.05) is 14.1 Å². The van der Waals surface area contributed by atoms with E-state index in [0.29, 0.717) is 35.8 Å². The quantitative estimate of drug-likeness (QED) is 0.615. The van der Waals surface area contributed by atoms with E-state index in [1.165, 1.54) is 17.0 Å². The minimum atomic E-state index is -3.32. The number of hydrogen-bond acceptors (Lipinski definition) is 7. The van der Waals surface area contributed by atoms with Crippen molar-refractivity contribution in [2.75, 3.05) is 31.3 Å². The van der Waals surface area contributed by atoms with E-state index in [9.17, 15) is 13.2 Å². The third kappa shape index (κ3) is 3.72. The van der Waals surface area contributed by atoms with Crippen LogP contribution in [0, 0.1) is 0 Å². The van der Waals surface area contributed by atoms with E-state index >= 15 is 0 Å². The second kappa shape index (κ2) is 7.64. The molecule has 8 nitrogen and oxygen atoms in total. The molecule has 0 N–H and O–H groups in total. The molecule has 30 heavy (non-hydrogen) atoms. The van der Waals surface area contributed by atoms with Crippen LogP contribution in [0.1, 0.15) is 12.8 Å².